The highest BCUT2D eigenvalue weighted by molar-refractivity contribution is 5.80. The van der Waals surface area contributed by atoms with Crippen LogP contribution in [0.4, 0.5) is 0 Å². The minimum atomic E-state index is -0.0198. The van der Waals surface area contributed by atoms with E-state index in [9.17, 15) is 4.79 Å². The number of nitrogens with one attached hydrogen (secondary N) is 2. The molecule has 0 bridgehead atoms. The third-order valence-corrected chi connectivity index (χ3v) is 4.20. The largest absolute Gasteiger partial charge is 0.379 e. The summed E-state index contributed by atoms with van der Waals surface area (Å²) in [4.78, 5) is 12.3. The zero-order chi connectivity index (χ0) is 13.2. The summed E-state index contributed by atoms with van der Waals surface area (Å²) in [5.41, 5.74) is 0.380. The highest BCUT2D eigenvalue weighted by atomic mass is 16.5. The average molecular weight is 254 g/mol. The molecule has 1 aliphatic heterocycles. The van der Waals surface area contributed by atoms with E-state index in [0.29, 0.717) is 24.7 Å². The normalized spacial score (nSPS) is 34.7. The quantitative estimate of drug-likeness (QED) is 0.795. The second-order valence-corrected chi connectivity index (χ2v) is 6.42. The van der Waals surface area contributed by atoms with Crippen molar-refractivity contribution in [3.63, 3.8) is 0 Å². The van der Waals surface area contributed by atoms with Gasteiger partial charge in [0.05, 0.1) is 19.1 Å². The molecule has 104 valence electrons. The first-order valence-electron chi connectivity index (χ1n) is 7.13. The van der Waals surface area contributed by atoms with Crippen LogP contribution in [-0.4, -0.2) is 37.7 Å². The van der Waals surface area contributed by atoms with Crippen LogP contribution in [0.15, 0.2) is 0 Å². The van der Waals surface area contributed by atoms with Crippen LogP contribution in [0.25, 0.3) is 0 Å². The first-order valence-corrected chi connectivity index (χ1v) is 7.13. The van der Waals surface area contributed by atoms with E-state index in [4.69, 9.17) is 4.74 Å². The maximum atomic E-state index is 12.3. The summed E-state index contributed by atoms with van der Waals surface area (Å²) in [7, 11) is 0. The predicted molar refractivity (Wildman–Crippen MR) is 71.3 cm³/mol. The number of carbonyl (C=O) groups excluding carboxylic acids is 1. The summed E-state index contributed by atoms with van der Waals surface area (Å²) < 4.78 is 5.43. The fraction of sp³-hybridized carbons (Fsp3) is 0.929. The standard InChI is InChI=1S/C14H26N2O2/c1-4-15-12-9-18-8-11(12)13(17)16-10-5-6-14(2,3)7-10/h10-12,15H,4-9H2,1-3H3,(H,16,17). The van der Waals surface area contributed by atoms with Gasteiger partial charge < -0.3 is 15.4 Å². The molecule has 1 saturated heterocycles. The smallest absolute Gasteiger partial charge is 0.227 e. The van der Waals surface area contributed by atoms with Gasteiger partial charge in [-0.05, 0) is 31.2 Å². The first-order chi connectivity index (χ1) is 8.52. The Morgan fingerprint density at radius 3 is 2.78 bits per heavy atom. The molecule has 0 spiro atoms. The van der Waals surface area contributed by atoms with E-state index in [1.807, 2.05) is 0 Å². The van der Waals surface area contributed by atoms with Crippen molar-refractivity contribution in [3.05, 3.63) is 0 Å². The Hall–Kier alpha value is -0.610. The van der Waals surface area contributed by atoms with Crippen LogP contribution in [0.1, 0.15) is 40.0 Å². The minimum Gasteiger partial charge on any atom is -0.379 e. The Morgan fingerprint density at radius 2 is 2.17 bits per heavy atom. The number of ether oxygens (including phenoxy) is 1. The lowest BCUT2D eigenvalue weighted by molar-refractivity contribution is -0.126. The predicted octanol–water partition coefficient (Wildman–Crippen LogP) is 1.31. The summed E-state index contributed by atoms with van der Waals surface area (Å²) in [6, 6.07) is 0.541. The summed E-state index contributed by atoms with van der Waals surface area (Å²) in [5, 5.41) is 6.54. The van der Waals surface area contributed by atoms with Gasteiger partial charge in [0.2, 0.25) is 5.91 Å². The van der Waals surface area contributed by atoms with E-state index in [0.717, 1.165) is 19.4 Å². The maximum absolute atomic E-state index is 12.3. The number of likely N-dealkylation sites (N-methyl/N-ethyl adjacent to an activating group) is 1. The van der Waals surface area contributed by atoms with E-state index in [1.165, 1.54) is 6.42 Å². The lowest BCUT2D eigenvalue weighted by Crippen LogP contribution is -2.46. The van der Waals surface area contributed by atoms with Gasteiger partial charge in [0.15, 0.2) is 0 Å². The maximum Gasteiger partial charge on any atom is 0.227 e. The van der Waals surface area contributed by atoms with Crippen molar-refractivity contribution in [2.75, 3.05) is 19.8 Å². The zero-order valence-electron chi connectivity index (χ0n) is 11.8. The molecule has 18 heavy (non-hydrogen) atoms. The Morgan fingerprint density at radius 1 is 1.39 bits per heavy atom. The number of rotatable bonds is 4. The fourth-order valence-corrected chi connectivity index (χ4v) is 3.14. The van der Waals surface area contributed by atoms with E-state index in [-0.39, 0.29) is 17.9 Å². The van der Waals surface area contributed by atoms with Crippen molar-refractivity contribution in [2.24, 2.45) is 11.3 Å². The Labute approximate surface area is 110 Å². The van der Waals surface area contributed by atoms with Crippen LogP contribution >= 0.6 is 0 Å². The molecule has 4 nitrogen and oxygen atoms in total. The second-order valence-electron chi connectivity index (χ2n) is 6.42. The summed E-state index contributed by atoms with van der Waals surface area (Å²) >= 11 is 0. The molecule has 1 amide bonds. The molecular formula is C14H26N2O2. The van der Waals surface area contributed by atoms with Gasteiger partial charge in [-0.1, -0.05) is 20.8 Å². The van der Waals surface area contributed by atoms with Crippen LogP contribution in [0.3, 0.4) is 0 Å². The van der Waals surface area contributed by atoms with E-state index >= 15 is 0 Å². The molecule has 1 aliphatic carbocycles. The molecule has 3 unspecified atom stereocenters. The molecule has 2 aliphatic rings. The van der Waals surface area contributed by atoms with Gasteiger partial charge in [-0.2, -0.15) is 0 Å². The fourth-order valence-electron chi connectivity index (χ4n) is 3.14. The highest BCUT2D eigenvalue weighted by Gasteiger charge is 2.37. The molecule has 0 radical (unpaired) electrons. The Balaban J connectivity index is 1.84. The minimum absolute atomic E-state index is 0.0198. The van der Waals surface area contributed by atoms with Crippen LogP contribution in [0.2, 0.25) is 0 Å². The molecule has 3 atom stereocenters. The van der Waals surface area contributed by atoms with Crippen LogP contribution in [0, 0.1) is 11.3 Å². The van der Waals surface area contributed by atoms with Gasteiger partial charge in [0.1, 0.15) is 0 Å². The molecule has 4 heteroatoms. The van der Waals surface area contributed by atoms with Gasteiger partial charge in [-0.3, -0.25) is 4.79 Å². The molecule has 0 aromatic rings. The lowest BCUT2D eigenvalue weighted by atomic mass is 9.91. The molecule has 2 rings (SSSR count). The van der Waals surface area contributed by atoms with Gasteiger partial charge >= 0.3 is 0 Å². The monoisotopic (exact) mass is 254 g/mol. The van der Waals surface area contributed by atoms with Crippen molar-refractivity contribution in [1.82, 2.24) is 10.6 Å². The van der Waals surface area contributed by atoms with E-state index in [2.05, 4.69) is 31.4 Å². The van der Waals surface area contributed by atoms with E-state index < -0.39 is 0 Å². The van der Waals surface area contributed by atoms with Crippen molar-refractivity contribution in [3.8, 4) is 0 Å². The second kappa shape index (κ2) is 5.57. The lowest BCUT2D eigenvalue weighted by Gasteiger charge is -2.22. The number of amides is 1. The molecule has 2 N–H and O–H groups in total. The Bertz CT molecular complexity index is 304. The number of carbonyl (C=O) groups is 1. The molecule has 1 saturated carbocycles. The van der Waals surface area contributed by atoms with Crippen molar-refractivity contribution < 1.29 is 9.53 Å². The molecule has 0 aromatic heterocycles. The molecule has 2 fully saturated rings. The van der Waals surface area contributed by atoms with Gasteiger partial charge in [0, 0.05) is 12.1 Å². The third kappa shape index (κ3) is 3.23. The van der Waals surface area contributed by atoms with Gasteiger partial charge in [0.25, 0.3) is 0 Å². The number of hydrogen-bond acceptors (Lipinski definition) is 3. The highest BCUT2D eigenvalue weighted by Crippen LogP contribution is 2.37. The summed E-state index contributed by atoms with van der Waals surface area (Å²) in [6.07, 6.45) is 3.41. The zero-order valence-corrected chi connectivity index (χ0v) is 11.8. The van der Waals surface area contributed by atoms with Crippen molar-refractivity contribution in [2.45, 2.75) is 52.1 Å². The van der Waals surface area contributed by atoms with Gasteiger partial charge in [-0.25, -0.2) is 0 Å². The summed E-state index contributed by atoms with van der Waals surface area (Å²) in [5.74, 6) is 0.148. The van der Waals surface area contributed by atoms with Crippen LogP contribution in [-0.2, 0) is 9.53 Å². The number of hydrogen-bond donors (Lipinski definition) is 2. The van der Waals surface area contributed by atoms with Crippen LogP contribution in [0.5, 0.6) is 0 Å². The third-order valence-electron chi connectivity index (χ3n) is 4.20. The average Bonchev–Trinajstić information content (AvgIpc) is 2.86. The SMILES string of the molecule is CCNC1COCC1C(=O)NC1CCC(C)(C)C1. The van der Waals surface area contributed by atoms with Crippen LogP contribution < -0.4 is 10.6 Å². The topological polar surface area (TPSA) is 50.4 Å². The molecular weight excluding hydrogens is 228 g/mol. The molecule has 1 heterocycles. The first kappa shape index (κ1) is 13.8. The van der Waals surface area contributed by atoms with Crippen molar-refractivity contribution >= 4 is 5.91 Å². The van der Waals surface area contributed by atoms with Gasteiger partial charge in [-0.15, -0.1) is 0 Å². The summed E-state index contributed by atoms with van der Waals surface area (Å²) in [6.45, 7) is 8.71. The van der Waals surface area contributed by atoms with Crippen molar-refractivity contribution in [1.29, 1.82) is 0 Å². The van der Waals surface area contributed by atoms with E-state index in [1.54, 1.807) is 0 Å². The molecule has 0 aromatic carbocycles. The Kier molecular flexibility index (Phi) is 4.28.